The van der Waals surface area contributed by atoms with Gasteiger partial charge in [0, 0.05) is 0 Å². The summed E-state index contributed by atoms with van der Waals surface area (Å²) in [6, 6.07) is 5.74. The van der Waals surface area contributed by atoms with Crippen LogP contribution in [0.15, 0.2) is 18.2 Å². The average molecular weight is 548 g/mol. The monoisotopic (exact) mass is 547 g/mol. The predicted octanol–water partition coefficient (Wildman–Crippen LogP) is 4.95. The first kappa shape index (κ1) is 27.5. The van der Waals surface area contributed by atoms with E-state index in [1.165, 1.54) is 13.1 Å². The van der Waals surface area contributed by atoms with E-state index in [-0.39, 0.29) is 18.5 Å². The first-order valence-electron chi connectivity index (χ1n) is 9.89. The van der Waals surface area contributed by atoms with Crippen LogP contribution in [0.5, 0.6) is 5.75 Å². The fourth-order valence-electron chi connectivity index (χ4n) is 2.61. The van der Waals surface area contributed by atoms with E-state index in [0.29, 0.717) is 12.5 Å². The summed E-state index contributed by atoms with van der Waals surface area (Å²) >= 11 is -1.99. The molecule has 30 heavy (non-hydrogen) atoms. The Kier molecular flexibility index (Phi) is 12.7. The number of rotatable bonds is 7. The Morgan fingerprint density at radius 2 is 1.87 bits per heavy atom. The number of hydrogen-bond donors (Lipinski definition) is 0. The van der Waals surface area contributed by atoms with Crippen LogP contribution in [0.2, 0.25) is 0 Å². The van der Waals surface area contributed by atoms with E-state index in [4.69, 9.17) is 24.1 Å². The van der Waals surface area contributed by atoms with Crippen LogP contribution in [0.25, 0.3) is 0 Å². The predicted molar refractivity (Wildman–Crippen MR) is 123 cm³/mol. The third kappa shape index (κ3) is 10.7. The van der Waals surface area contributed by atoms with Crippen molar-refractivity contribution in [3.63, 3.8) is 0 Å². The standard InChI is InChI=1S/C17H24O3.C5H11N2.2ClH.Ru/c1-12(2)11-19-17(18)10-15-7-8-16(14(5)9-15)20(6)13(3)4;1-6-3-4-7(2)5-6;;;/h5,7-9,12-13H,6,10-11H2,1-4H3;5H,3-4H2,1-2H3;2*1H;/q;-1;;;+2/p-2. The Labute approximate surface area is 195 Å². The number of halogens is 2. The number of nitrogens with zero attached hydrogens (tertiary/aromatic N) is 2. The molecule has 0 unspecified atom stereocenters. The topological polar surface area (TPSA) is 35.5 Å². The van der Waals surface area contributed by atoms with Crippen LogP contribution in [-0.2, 0) is 33.8 Å². The molecule has 0 bridgehead atoms. The van der Waals surface area contributed by atoms with Gasteiger partial charge in [-0.1, -0.05) is 0 Å². The first-order chi connectivity index (χ1) is 14.0. The molecular formula is C22H35Cl2N2O3Ru-. The molecule has 0 radical (unpaired) electrons. The molecule has 0 saturated carbocycles. The molecule has 0 spiro atoms. The summed E-state index contributed by atoms with van der Waals surface area (Å²) in [4.78, 5) is 16.2. The third-order valence-corrected chi connectivity index (χ3v) is 6.07. The molecule has 8 heteroatoms. The molecule has 1 heterocycles. The van der Waals surface area contributed by atoms with Crippen LogP contribution in [0.3, 0.4) is 0 Å². The Balaban J connectivity index is 0.000000539. The Hall–Kier alpha value is -0.517. The average Bonchev–Trinajstić information content (AvgIpc) is 3.02. The van der Waals surface area contributed by atoms with Gasteiger partial charge in [0.2, 0.25) is 0 Å². The van der Waals surface area contributed by atoms with Gasteiger partial charge in [0.05, 0.1) is 0 Å². The van der Waals surface area contributed by atoms with Gasteiger partial charge < -0.3 is 9.80 Å². The van der Waals surface area contributed by atoms with E-state index in [1.807, 2.05) is 50.5 Å². The van der Waals surface area contributed by atoms with Crippen molar-refractivity contribution in [3.8, 4) is 5.75 Å². The van der Waals surface area contributed by atoms with Gasteiger partial charge in [-0.05, 0) is 27.2 Å². The SMILES string of the molecule is CN1[CH-]N(C)CC1.[CH2-][O+](c1ccc(CC(=O)OCC(C)C)cc1[CH]=[Ru]([Cl])[Cl])C(C)C. The second kappa shape index (κ2) is 13.8. The Morgan fingerprint density at radius 1 is 1.27 bits per heavy atom. The Morgan fingerprint density at radius 3 is 2.30 bits per heavy atom. The number of ether oxygens (including phenoxy) is 1. The van der Waals surface area contributed by atoms with E-state index in [2.05, 4.69) is 42.0 Å². The number of carbonyl (C=O) groups is 1. The summed E-state index contributed by atoms with van der Waals surface area (Å²) in [6.45, 7) is 13.0. The number of benzene rings is 1. The molecule has 1 aromatic carbocycles. The van der Waals surface area contributed by atoms with Crippen molar-refractivity contribution in [1.29, 1.82) is 0 Å². The molecule has 1 aromatic rings. The van der Waals surface area contributed by atoms with Crippen molar-refractivity contribution in [2.45, 2.75) is 40.2 Å². The van der Waals surface area contributed by atoms with Crippen molar-refractivity contribution in [3.05, 3.63) is 43.1 Å². The van der Waals surface area contributed by atoms with E-state index < -0.39 is 13.5 Å². The second-order valence-electron chi connectivity index (χ2n) is 7.99. The van der Waals surface area contributed by atoms with Crippen LogP contribution in [0.4, 0.5) is 0 Å². The van der Waals surface area contributed by atoms with Gasteiger partial charge in [-0.25, -0.2) is 6.67 Å². The van der Waals surface area contributed by atoms with Crippen LogP contribution in [-0.4, -0.2) is 60.3 Å². The molecule has 0 aliphatic carbocycles. The molecule has 174 valence electrons. The molecule has 0 aromatic heterocycles. The van der Waals surface area contributed by atoms with Crippen LogP contribution >= 0.6 is 19.4 Å². The van der Waals surface area contributed by atoms with Crippen molar-refractivity contribution >= 4 is 30.0 Å². The van der Waals surface area contributed by atoms with Crippen molar-refractivity contribution in [2.75, 3.05) is 33.8 Å². The van der Waals surface area contributed by atoms with Crippen molar-refractivity contribution in [1.82, 2.24) is 9.80 Å². The van der Waals surface area contributed by atoms with Gasteiger partial charge >= 0.3 is 152 Å². The summed E-state index contributed by atoms with van der Waals surface area (Å²) in [5.41, 5.74) is 1.76. The zero-order chi connectivity index (χ0) is 22.8. The zero-order valence-electron chi connectivity index (χ0n) is 18.8. The molecule has 1 aliphatic rings. The van der Waals surface area contributed by atoms with Gasteiger partial charge in [0.1, 0.15) is 0 Å². The molecule has 5 nitrogen and oxygen atoms in total. The molecule has 0 N–H and O–H groups in total. The summed E-state index contributed by atoms with van der Waals surface area (Å²) in [5, 5.41) is 0. The first-order valence-corrected chi connectivity index (χ1v) is 15.4. The number of esters is 1. The molecule has 0 amide bonds. The molecule has 1 aliphatic heterocycles. The van der Waals surface area contributed by atoms with Gasteiger partial charge in [0.15, 0.2) is 0 Å². The van der Waals surface area contributed by atoms with Gasteiger partial charge in [-0.2, -0.15) is 0 Å². The fraction of sp³-hybridized carbons (Fsp3) is 0.545. The minimum absolute atomic E-state index is 0.162. The van der Waals surface area contributed by atoms with Crippen molar-refractivity contribution < 1.29 is 27.4 Å². The molecule has 0 atom stereocenters. The number of hydrogen-bond acceptors (Lipinski definition) is 4. The summed E-state index contributed by atoms with van der Waals surface area (Å²) in [6.07, 6.45) is 0.393. The van der Waals surface area contributed by atoms with E-state index >= 15 is 0 Å². The van der Waals surface area contributed by atoms with Crippen molar-refractivity contribution in [2.24, 2.45) is 5.92 Å². The molecular weight excluding hydrogens is 512 g/mol. The van der Waals surface area contributed by atoms with Crippen LogP contribution < -0.4 is 0 Å². The Bertz CT molecular complexity index is 702. The maximum absolute atomic E-state index is 11.9. The molecule has 1 fully saturated rings. The summed E-state index contributed by atoms with van der Waals surface area (Å²) < 4.78 is 9.88. The maximum atomic E-state index is 11.9. The molecule has 2 rings (SSSR count). The molecule has 1 saturated heterocycles. The quantitative estimate of drug-likeness (QED) is 0.210. The minimum atomic E-state index is -1.99. The number of carbonyl (C=O) groups excluding carboxylic acids is 1. The second-order valence-corrected chi connectivity index (χ2v) is 13.7. The normalized spacial score (nSPS) is 15.1. The van der Waals surface area contributed by atoms with E-state index in [0.717, 1.165) is 16.9 Å². The van der Waals surface area contributed by atoms with Gasteiger partial charge in [0.25, 0.3) is 0 Å². The van der Waals surface area contributed by atoms with E-state index in [1.54, 1.807) is 0 Å². The van der Waals surface area contributed by atoms with E-state index in [9.17, 15) is 4.79 Å². The van der Waals surface area contributed by atoms with Gasteiger partial charge in [-0.3, -0.25) is 0 Å². The van der Waals surface area contributed by atoms with Crippen LogP contribution in [0, 0.1) is 19.7 Å². The summed E-state index contributed by atoms with van der Waals surface area (Å²) in [7, 11) is 20.2. The van der Waals surface area contributed by atoms with Gasteiger partial charge in [-0.15, -0.1) is 0 Å². The third-order valence-electron chi connectivity index (χ3n) is 4.24. The number of likely N-dealkylation sites (N-methyl/N-ethyl adjacent to an activating group) is 2. The summed E-state index contributed by atoms with van der Waals surface area (Å²) in [5.74, 6) is 0.970. The zero-order valence-corrected chi connectivity index (χ0v) is 22.1. The van der Waals surface area contributed by atoms with Crippen LogP contribution in [0.1, 0.15) is 38.8 Å². The fourth-order valence-corrected chi connectivity index (χ4v) is 4.39.